The molecule has 0 aliphatic heterocycles. The maximum Gasteiger partial charge on any atom is 0.0921 e. The second-order valence-corrected chi connectivity index (χ2v) is 1.72. The van der Waals surface area contributed by atoms with E-state index in [0.717, 1.165) is 19.3 Å². The van der Waals surface area contributed by atoms with Crippen LogP contribution in [0.5, 0.6) is 0 Å². The summed E-state index contributed by atoms with van der Waals surface area (Å²) in [6, 6.07) is 0. The van der Waals surface area contributed by atoms with E-state index in [4.69, 9.17) is 0 Å². The minimum Gasteiger partial charge on any atom is -0.692 e. The molecule has 0 N–H and O–H groups in total. The second-order valence-electron chi connectivity index (χ2n) is 1.72. The SMILES string of the molecule is [O-]OOC1CCC1. The standard InChI is InChI=1S/C4H8O3/c5-7-6-4-2-1-3-4/h4-5H,1-3H2/p-1. The summed E-state index contributed by atoms with van der Waals surface area (Å²) in [6.07, 6.45) is 3.20. The van der Waals surface area contributed by atoms with Crippen molar-refractivity contribution in [3.63, 3.8) is 0 Å². The van der Waals surface area contributed by atoms with Crippen LogP contribution < -0.4 is 5.26 Å². The van der Waals surface area contributed by atoms with E-state index in [1.807, 2.05) is 0 Å². The van der Waals surface area contributed by atoms with Crippen LogP contribution in [0.15, 0.2) is 0 Å². The third-order valence-electron chi connectivity index (χ3n) is 1.23. The topological polar surface area (TPSA) is 41.5 Å². The lowest BCUT2D eigenvalue weighted by Crippen LogP contribution is -2.24. The van der Waals surface area contributed by atoms with Crippen LogP contribution in [0.25, 0.3) is 0 Å². The molecule has 0 spiro atoms. The summed E-state index contributed by atoms with van der Waals surface area (Å²) in [5.74, 6) is 0. The van der Waals surface area contributed by atoms with E-state index in [-0.39, 0.29) is 6.10 Å². The predicted octanol–water partition coefficient (Wildman–Crippen LogP) is -0.238. The molecule has 0 saturated heterocycles. The van der Waals surface area contributed by atoms with Gasteiger partial charge in [-0.25, -0.2) is 4.89 Å². The van der Waals surface area contributed by atoms with Crippen LogP contribution in [-0.4, -0.2) is 6.10 Å². The van der Waals surface area contributed by atoms with Gasteiger partial charge in [0.15, 0.2) is 0 Å². The van der Waals surface area contributed by atoms with E-state index in [1.165, 1.54) is 0 Å². The van der Waals surface area contributed by atoms with Crippen LogP contribution in [0, 0.1) is 0 Å². The maximum atomic E-state index is 9.21. The fourth-order valence-corrected chi connectivity index (χ4v) is 0.523. The molecule has 0 atom stereocenters. The van der Waals surface area contributed by atoms with Crippen LogP contribution in [0.2, 0.25) is 0 Å². The van der Waals surface area contributed by atoms with E-state index in [0.29, 0.717) is 0 Å². The molecule has 1 rings (SSSR count). The fraction of sp³-hybridized carbons (Fsp3) is 1.00. The lowest BCUT2D eigenvalue weighted by Gasteiger charge is -2.24. The Hall–Kier alpha value is -0.120. The largest absolute Gasteiger partial charge is 0.692 e. The molecule has 3 heteroatoms. The molecule has 1 aliphatic rings. The van der Waals surface area contributed by atoms with Gasteiger partial charge in [0.2, 0.25) is 0 Å². The van der Waals surface area contributed by atoms with Gasteiger partial charge in [0.25, 0.3) is 0 Å². The molecule has 0 bridgehead atoms. The number of hydrogen-bond acceptors (Lipinski definition) is 3. The van der Waals surface area contributed by atoms with Crippen LogP contribution in [0.1, 0.15) is 19.3 Å². The Morgan fingerprint density at radius 2 is 2.14 bits per heavy atom. The average Bonchev–Trinajstić information content (AvgIpc) is 1.55. The highest BCUT2D eigenvalue weighted by Gasteiger charge is 2.17. The van der Waals surface area contributed by atoms with Gasteiger partial charge in [0.05, 0.1) is 6.10 Å². The van der Waals surface area contributed by atoms with Crippen molar-refractivity contribution < 1.29 is 15.2 Å². The van der Waals surface area contributed by atoms with Crippen LogP contribution in [0.4, 0.5) is 0 Å². The van der Waals surface area contributed by atoms with Crippen molar-refractivity contribution in [1.82, 2.24) is 0 Å². The number of hydrogen-bond donors (Lipinski definition) is 0. The Morgan fingerprint density at radius 1 is 1.43 bits per heavy atom. The van der Waals surface area contributed by atoms with Gasteiger partial charge in [0, 0.05) is 0 Å². The summed E-state index contributed by atoms with van der Waals surface area (Å²) in [5.41, 5.74) is 0. The highest BCUT2D eigenvalue weighted by atomic mass is 17.5. The van der Waals surface area contributed by atoms with Gasteiger partial charge < -0.3 is 5.26 Å². The lowest BCUT2D eigenvalue weighted by atomic mass is 9.97. The first kappa shape index (κ1) is 5.03. The van der Waals surface area contributed by atoms with E-state index in [2.05, 4.69) is 9.93 Å². The molecule has 0 aromatic rings. The van der Waals surface area contributed by atoms with Gasteiger partial charge in [-0.15, -0.1) is 0 Å². The molecule has 3 nitrogen and oxygen atoms in total. The molecule has 42 valence electrons. The number of rotatable bonds is 2. The molecule has 1 fully saturated rings. The van der Waals surface area contributed by atoms with Crippen molar-refractivity contribution >= 4 is 0 Å². The van der Waals surface area contributed by atoms with Crippen molar-refractivity contribution in [2.45, 2.75) is 25.4 Å². The molecule has 0 aromatic carbocycles. The maximum absolute atomic E-state index is 9.21. The van der Waals surface area contributed by atoms with Crippen molar-refractivity contribution in [2.24, 2.45) is 0 Å². The zero-order chi connectivity index (χ0) is 5.11. The van der Waals surface area contributed by atoms with Gasteiger partial charge in [0.1, 0.15) is 0 Å². The molecular weight excluding hydrogens is 96.0 g/mol. The molecule has 0 amide bonds. The summed E-state index contributed by atoms with van der Waals surface area (Å²) in [7, 11) is 0. The molecule has 0 radical (unpaired) electrons. The molecule has 1 saturated carbocycles. The normalized spacial score (nSPS) is 21.9. The van der Waals surface area contributed by atoms with Crippen LogP contribution in [0.3, 0.4) is 0 Å². The summed E-state index contributed by atoms with van der Waals surface area (Å²) >= 11 is 0. The van der Waals surface area contributed by atoms with Gasteiger partial charge in [-0.05, 0) is 19.3 Å². The Balaban J connectivity index is 1.93. The first-order valence-electron chi connectivity index (χ1n) is 2.39. The Kier molecular flexibility index (Phi) is 1.62. The minimum atomic E-state index is 0.0949. The van der Waals surface area contributed by atoms with Crippen molar-refractivity contribution in [3.05, 3.63) is 0 Å². The smallest absolute Gasteiger partial charge is 0.0921 e. The minimum absolute atomic E-state index is 0.0949. The summed E-state index contributed by atoms with van der Waals surface area (Å²) < 4.78 is 0. The first-order chi connectivity index (χ1) is 3.43. The Morgan fingerprint density at radius 3 is 2.29 bits per heavy atom. The average molecular weight is 103 g/mol. The Bertz CT molecular complexity index is 50.9. The highest BCUT2D eigenvalue weighted by Crippen LogP contribution is 2.20. The molecule has 0 unspecified atom stereocenters. The van der Waals surface area contributed by atoms with E-state index < -0.39 is 0 Å². The lowest BCUT2D eigenvalue weighted by molar-refractivity contribution is -0.806. The molecule has 0 heterocycles. The van der Waals surface area contributed by atoms with Gasteiger partial charge in [-0.3, -0.25) is 5.04 Å². The molecule has 7 heavy (non-hydrogen) atoms. The third kappa shape index (κ3) is 1.12. The monoisotopic (exact) mass is 103 g/mol. The van der Waals surface area contributed by atoms with E-state index >= 15 is 0 Å². The highest BCUT2D eigenvalue weighted by molar-refractivity contribution is 4.66. The zero-order valence-electron chi connectivity index (χ0n) is 3.92. The first-order valence-corrected chi connectivity index (χ1v) is 2.39. The second kappa shape index (κ2) is 2.26. The third-order valence-corrected chi connectivity index (χ3v) is 1.23. The quantitative estimate of drug-likeness (QED) is 0.358. The van der Waals surface area contributed by atoms with Gasteiger partial charge in [-0.1, -0.05) is 0 Å². The molecular formula is C4H7O3-. The zero-order valence-corrected chi connectivity index (χ0v) is 3.92. The van der Waals surface area contributed by atoms with Crippen LogP contribution >= 0.6 is 0 Å². The summed E-state index contributed by atoms with van der Waals surface area (Å²) in [5, 5.41) is 12.4. The molecule has 0 aromatic heterocycles. The van der Waals surface area contributed by atoms with Gasteiger partial charge in [-0.2, -0.15) is 0 Å². The van der Waals surface area contributed by atoms with E-state index in [9.17, 15) is 5.26 Å². The van der Waals surface area contributed by atoms with Crippen molar-refractivity contribution in [1.29, 1.82) is 0 Å². The predicted molar refractivity (Wildman–Crippen MR) is 19.8 cm³/mol. The van der Waals surface area contributed by atoms with Crippen LogP contribution in [-0.2, 0) is 9.93 Å². The van der Waals surface area contributed by atoms with Gasteiger partial charge >= 0.3 is 0 Å². The van der Waals surface area contributed by atoms with E-state index in [1.54, 1.807) is 0 Å². The Labute approximate surface area is 41.7 Å². The summed E-state index contributed by atoms with van der Waals surface area (Å²) in [4.78, 5) is 4.22. The van der Waals surface area contributed by atoms with Crippen molar-refractivity contribution in [2.75, 3.05) is 0 Å². The summed E-state index contributed by atoms with van der Waals surface area (Å²) in [6.45, 7) is 0. The van der Waals surface area contributed by atoms with Crippen molar-refractivity contribution in [3.8, 4) is 0 Å². The molecule has 1 aliphatic carbocycles. The fourth-order valence-electron chi connectivity index (χ4n) is 0.523.